The first-order chi connectivity index (χ1) is 5.17. The van der Waals surface area contributed by atoms with Gasteiger partial charge in [-0.15, -0.1) is 0 Å². The molecule has 0 aromatic carbocycles. The molecule has 0 spiro atoms. The van der Waals surface area contributed by atoms with Gasteiger partial charge in [0.1, 0.15) is 15.7 Å². The van der Waals surface area contributed by atoms with E-state index in [-0.39, 0.29) is 4.08 Å². The van der Waals surface area contributed by atoms with E-state index in [1.165, 1.54) is 4.86 Å². The van der Waals surface area contributed by atoms with E-state index >= 15 is 0 Å². The zero-order chi connectivity index (χ0) is 8.11. The number of hydrogen-bond acceptors (Lipinski definition) is 2. The van der Waals surface area contributed by atoms with Crippen molar-refractivity contribution in [2.75, 3.05) is 5.75 Å². The maximum absolute atomic E-state index is 5.69. The average Bonchev–Trinajstić information content (AvgIpc) is 2.52. The summed E-state index contributed by atoms with van der Waals surface area (Å²) in [5, 5.41) is 0. The Hall–Kier alpha value is 0.840. The SMILES string of the molecule is CC[S+]12=C(C)C1(C)[SH+]O[SH+]O2. The third-order valence-electron chi connectivity index (χ3n) is 2.56. The minimum Gasteiger partial charge on any atom is -0.0202 e. The van der Waals surface area contributed by atoms with Gasteiger partial charge in [0.05, 0.1) is 3.63 Å². The molecule has 1 saturated heterocycles. The molecule has 1 fully saturated rings. The standard InChI is InChI=1S/C6H11O2S3/c1-4-11-5(2)6(11,3)9-7-10-8-11/h4H2,1-3H3/q+1/p+2. The Morgan fingerprint density at radius 1 is 1.64 bits per heavy atom. The molecule has 5 heteroatoms. The van der Waals surface area contributed by atoms with Crippen molar-refractivity contribution in [1.82, 2.24) is 0 Å². The lowest BCUT2D eigenvalue weighted by Gasteiger charge is -2.03. The van der Waals surface area contributed by atoms with Crippen molar-refractivity contribution >= 4 is 39.1 Å². The monoisotopic (exact) mass is 213 g/mol. The number of thiol groups is 2. The smallest absolute Gasteiger partial charge is 0.0202 e. The van der Waals surface area contributed by atoms with Crippen LogP contribution < -0.4 is 0 Å². The molecule has 0 amide bonds. The largest absolute Gasteiger partial charge is 0.409 e. The Kier molecular flexibility index (Phi) is 1.85. The van der Waals surface area contributed by atoms with Crippen molar-refractivity contribution < 1.29 is 7.26 Å². The van der Waals surface area contributed by atoms with E-state index in [1.54, 1.807) is 0 Å². The van der Waals surface area contributed by atoms with Gasteiger partial charge in [-0.25, -0.2) is 0 Å². The molecule has 2 aliphatic heterocycles. The summed E-state index contributed by atoms with van der Waals surface area (Å²) < 4.78 is 11.2. The van der Waals surface area contributed by atoms with Crippen LogP contribution in [0.25, 0.3) is 0 Å². The second kappa shape index (κ2) is 2.42. The van der Waals surface area contributed by atoms with Gasteiger partial charge in [0, 0.05) is 17.5 Å². The summed E-state index contributed by atoms with van der Waals surface area (Å²) in [6.45, 7) is 6.66. The second-order valence-electron chi connectivity index (χ2n) is 2.83. The zero-order valence-electron chi connectivity index (χ0n) is 6.83. The lowest BCUT2D eigenvalue weighted by molar-refractivity contribution is 0.597. The number of rotatable bonds is 1. The molecule has 0 aliphatic carbocycles. The molecule has 0 aromatic heterocycles. The van der Waals surface area contributed by atoms with E-state index in [4.69, 9.17) is 7.26 Å². The Bertz CT molecular complexity index is 250. The van der Waals surface area contributed by atoms with E-state index in [0.29, 0.717) is 0 Å². The highest BCUT2D eigenvalue weighted by Crippen LogP contribution is 2.49. The molecule has 2 heterocycles. The maximum Gasteiger partial charge on any atom is 0.409 e. The molecule has 2 nitrogen and oxygen atoms in total. The summed E-state index contributed by atoms with van der Waals surface area (Å²) in [7, 11) is -0.823. The maximum atomic E-state index is 5.69. The molecular formula is C6H13O2S3+3. The minimum absolute atomic E-state index is 0.271. The molecule has 0 saturated carbocycles. The van der Waals surface area contributed by atoms with Gasteiger partial charge in [-0.3, -0.25) is 0 Å². The van der Waals surface area contributed by atoms with E-state index in [0.717, 1.165) is 30.1 Å². The van der Waals surface area contributed by atoms with Crippen LogP contribution in [0.1, 0.15) is 20.8 Å². The Balaban J connectivity index is 2.32. The van der Waals surface area contributed by atoms with E-state index in [9.17, 15) is 0 Å². The molecule has 2 unspecified atom stereocenters. The third kappa shape index (κ3) is 0.836. The van der Waals surface area contributed by atoms with Gasteiger partial charge in [-0.1, -0.05) is 0 Å². The quantitative estimate of drug-likeness (QED) is 0.357. The number of hydrogen-bond donors (Lipinski definition) is 0. The Labute approximate surface area is 77.1 Å². The molecule has 64 valence electrons. The highest BCUT2D eigenvalue weighted by atomic mass is 32.3. The first-order valence-corrected chi connectivity index (χ1v) is 6.86. The first-order valence-electron chi connectivity index (χ1n) is 3.59. The summed E-state index contributed by atoms with van der Waals surface area (Å²) >= 11 is 1.83. The highest BCUT2D eigenvalue weighted by molar-refractivity contribution is 8.31. The van der Waals surface area contributed by atoms with Crippen LogP contribution in [0.5, 0.6) is 0 Å². The summed E-state index contributed by atoms with van der Waals surface area (Å²) in [5.74, 6) is 1.15. The number of fused-ring (bicyclic) bond motifs is 1. The molecule has 2 atom stereocenters. The summed E-state index contributed by atoms with van der Waals surface area (Å²) in [6.07, 6.45) is 0. The van der Waals surface area contributed by atoms with Crippen LogP contribution in [0.15, 0.2) is 0 Å². The van der Waals surface area contributed by atoms with Gasteiger partial charge in [0.2, 0.25) is 4.86 Å². The van der Waals surface area contributed by atoms with Crippen LogP contribution in [-0.4, -0.2) is 14.7 Å². The van der Waals surface area contributed by atoms with Gasteiger partial charge in [0.15, 0.2) is 0 Å². The average molecular weight is 213 g/mol. The minimum atomic E-state index is -0.823. The van der Waals surface area contributed by atoms with Crippen molar-refractivity contribution in [3.8, 4) is 0 Å². The molecule has 2 rings (SSSR count). The zero-order valence-corrected chi connectivity index (χ0v) is 9.43. The van der Waals surface area contributed by atoms with E-state index in [1.807, 2.05) is 0 Å². The lowest BCUT2D eigenvalue weighted by Crippen LogP contribution is -2.31. The van der Waals surface area contributed by atoms with Crippen LogP contribution in [-0.2, 0) is 41.5 Å². The predicted octanol–water partition coefficient (Wildman–Crippen LogP) is 0.419. The molecule has 0 bridgehead atoms. The summed E-state index contributed by atoms with van der Waals surface area (Å²) in [6, 6.07) is 0. The van der Waals surface area contributed by atoms with Gasteiger partial charge in [-0.05, 0) is 6.92 Å². The van der Waals surface area contributed by atoms with Crippen molar-refractivity contribution in [3.05, 3.63) is 0 Å². The highest BCUT2D eigenvalue weighted by Gasteiger charge is 2.82. The van der Waals surface area contributed by atoms with Gasteiger partial charge < -0.3 is 0 Å². The van der Waals surface area contributed by atoms with Crippen LogP contribution in [0.4, 0.5) is 0 Å². The van der Waals surface area contributed by atoms with Gasteiger partial charge >= 0.3 is 16.4 Å². The van der Waals surface area contributed by atoms with Crippen molar-refractivity contribution in [3.63, 3.8) is 0 Å². The molecule has 11 heavy (non-hydrogen) atoms. The predicted molar refractivity (Wildman–Crippen MR) is 56.7 cm³/mol. The van der Waals surface area contributed by atoms with Crippen molar-refractivity contribution in [1.29, 1.82) is 0 Å². The van der Waals surface area contributed by atoms with Gasteiger partial charge in [0.25, 0.3) is 12.0 Å². The van der Waals surface area contributed by atoms with Crippen LogP contribution >= 0.6 is 0 Å². The fraction of sp³-hybridized carbons (Fsp3) is 0.833. The van der Waals surface area contributed by atoms with Crippen molar-refractivity contribution in [2.45, 2.75) is 24.9 Å². The Morgan fingerprint density at radius 2 is 2.36 bits per heavy atom. The van der Waals surface area contributed by atoms with Crippen LogP contribution in [0.3, 0.4) is 0 Å². The summed E-state index contributed by atoms with van der Waals surface area (Å²) in [4.78, 5) is 1.53. The lowest BCUT2D eigenvalue weighted by atomic mass is 10.4. The second-order valence-corrected chi connectivity index (χ2v) is 8.96. The third-order valence-corrected chi connectivity index (χ3v) is 9.96. The molecular weight excluding hydrogens is 200 g/mol. The topological polar surface area (TPSA) is 18.5 Å². The van der Waals surface area contributed by atoms with Crippen LogP contribution in [0.2, 0.25) is 0 Å². The first kappa shape index (κ1) is 8.44. The Morgan fingerprint density at radius 3 is 2.82 bits per heavy atom. The molecule has 2 aliphatic rings. The van der Waals surface area contributed by atoms with E-state index < -0.39 is 9.90 Å². The molecule has 0 aromatic rings. The fourth-order valence-corrected chi connectivity index (χ4v) is 9.43. The fourth-order valence-electron chi connectivity index (χ4n) is 1.56. The van der Waals surface area contributed by atoms with Crippen LogP contribution in [0, 0.1) is 0 Å². The van der Waals surface area contributed by atoms with Gasteiger partial charge in [-0.2, -0.15) is 0 Å². The molecule has 0 radical (unpaired) electrons. The normalized spacial score (nSPS) is 48.8. The van der Waals surface area contributed by atoms with Crippen molar-refractivity contribution in [2.24, 2.45) is 0 Å². The summed E-state index contributed by atoms with van der Waals surface area (Å²) in [5.41, 5.74) is 0. The molecule has 0 N–H and O–H groups in total. The van der Waals surface area contributed by atoms with E-state index in [2.05, 4.69) is 20.8 Å².